The Labute approximate surface area is 161 Å². The van der Waals surface area contributed by atoms with Crippen LogP contribution in [0, 0.1) is 0 Å². The molecule has 146 valence electrons. The number of methoxy groups -OCH3 is 1. The summed E-state index contributed by atoms with van der Waals surface area (Å²) in [6.07, 6.45) is 1.12. The second kappa shape index (κ2) is 8.15. The van der Waals surface area contributed by atoms with Gasteiger partial charge in [0.2, 0.25) is 0 Å². The van der Waals surface area contributed by atoms with Crippen LogP contribution in [0.1, 0.15) is 59.1 Å². The van der Waals surface area contributed by atoms with Crippen molar-refractivity contribution in [2.75, 3.05) is 13.7 Å². The molecule has 0 spiro atoms. The third-order valence-electron chi connectivity index (χ3n) is 4.45. The molecule has 1 aromatic carbocycles. The van der Waals surface area contributed by atoms with Crippen LogP contribution in [-0.4, -0.2) is 42.1 Å². The summed E-state index contributed by atoms with van der Waals surface area (Å²) < 4.78 is 17.1. The fourth-order valence-corrected chi connectivity index (χ4v) is 3.34. The lowest BCUT2D eigenvalue weighted by molar-refractivity contribution is -0.0631. The normalized spacial score (nSPS) is 20.9. The van der Waals surface area contributed by atoms with E-state index in [2.05, 4.69) is 0 Å². The number of nitrogens with zero attached hydrogens (tertiary/aromatic N) is 1. The molecule has 1 unspecified atom stereocenters. The second-order valence-corrected chi connectivity index (χ2v) is 8.55. The number of carbonyl (C=O) groups excluding carboxylic acids is 1. The molecule has 1 aliphatic rings. The molecule has 0 radical (unpaired) electrons. The van der Waals surface area contributed by atoms with E-state index in [0.29, 0.717) is 11.6 Å². The minimum Gasteiger partial charge on any atom is -0.444 e. The zero-order chi connectivity index (χ0) is 19.5. The van der Waals surface area contributed by atoms with Gasteiger partial charge < -0.3 is 14.2 Å². The van der Waals surface area contributed by atoms with Crippen molar-refractivity contribution in [2.24, 2.45) is 0 Å². The van der Waals surface area contributed by atoms with Crippen LogP contribution in [0.4, 0.5) is 4.79 Å². The first-order chi connectivity index (χ1) is 12.0. The fourth-order valence-electron chi connectivity index (χ4n) is 3.22. The average Bonchev–Trinajstić information content (AvgIpc) is 2.82. The molecule has 1 heterocycles. The minimum atomic E-state index is -0.685. The average molecular weight is 384 g/mol. The highest BCUT2D eigenvalue weighted by molar-refractivity contribution is 6.30. The van der Waals surface area contributed by atoms with E-state index in [9.17, 15) is 4.79 Å². The quantitative estimate of drug-likeness (QED) is 0.702. The highest BCUT2D eigenvalue weighted by atomic mass is 35.5. The smallest absolute Gasteiger partial charge is 0.412 e. The minimum absolute atomic E-state index is 0.0511. The summed E-state index contributed by atoms with van der Waals surface area (Å²) in [4.78, 5) is 14.4. The Bertz CT molecular complexity index is 609. The van der Waals surface area contributed by atoms with Crippen LogP contribution in [0.5, 0.6) is 0 Å². The van der Waals surface area contributed by atoms with Crippen molar-refractivity contribution in [3.05, 3.63) is 34.9 Å². The van der Waals surface area contributed by atoms with Crippen molar-refractivity contribution in [3.63, 3.8) is 0 Å². The Balaban J connectivity index is 2.06. The topological polar surface area (TPSA) is 48.0 Å². The number of hydrogen-bond donors (Lipinski definition) is 0. The van der Waals surface area contributed by atoms with Crippen LogP contribution in [-0.2, 0) is 14.2 Å². The number of amides is 1. The van der Waals surface area contributed by atoms with Gasteiger partial charge in [-0.2, -0.15) is 0 Å². The van der Waals surface area contributed by atoms with E-state index < -0.39 is 11.3 Å². The van der Waals surface area contributed by atoms with E-state index >= 15 is 0 Å². The Morgan fingerprint density at radius 2 is 1.96 bits per heavy atom. The van der Waals surface area contributed by atoms with Crippen molar-refractivity contribution in [3.8, 4) is 0 Å². The van der Waals surface area contributed by atoms with Gasteiger partial charge in [0, 0.05) is 12.1 Å². The molecule has 0 bridgehead atoms. The van der Waals surface area contributed by atoms with Gasteiger partial charge >= 0.3 is 6.09 Å². The van der Waals surface area contributed by atoms with Crippen molar-refractivity contribution < 1.29 is 19.0 Å². The molecule has 1 amide bonds. The SMILES string of the molecule is COC(CC[C@H]1COC(C)(C)N1C(=O)OC(C)(C)C)c1ccc(Cl)cc1. The lowest BCUT2D eigenvalue weighted by Gasteiger charge is -2.35. The summed E-state index contributed by atoms with van der Waals surface area (Å²) in [5.41, 5.74) is -0.159. The van der Waals surface area contributed by atoms with Crippen molar-refractivity contribution in [1.82, 2.24) is 4.90 Å². The fraction of sp³-hybridized carbons (Fsp3) is 0.650. The van der Waals surface area contributed by atoms with Crippen LogP contribution in [0.2, 0.25) is 5.02 Å². The Morgan fingerprint density at radius 3 is 2.50 bits per heavy atom. The lowest BCUT2D eigenvalue weighted by atomic mass is 10.0. The molecule has 26 heavy (non-hydrogen) atoms. The van der Waals surface area contributed by atoms with Gasteiger partial charge in [-0.1, -0.05) is 23.7 Å². The van der Waals surface area contributed by atoms with Gasteiger partial charge in [-0.3, -0.25) is 4.90 Å². The molecule has 1 saturated heterocycles. The first kappa shape index (κ1) is 21.0. The molecule has 5 nitrogen and oxygen atoms in total. The van der Waals surface area contributed by atoms with Crippen LogP contribution in [0.3, 0.4) is 0 Å². The van der Waals surface area contributed by atoms with Gasteiger partial charge in [0.25, 0.3) is 0 Å². The molecule has 1 aliphatic heterocycles. The molecule has 6 heteroatoms. The zero-order valence-corrected chi connectivity index (χ0v) is 17.3. The van der Waals surface area contributed by atoms with Crippen molar-refractivity contribution in [1.29, 1.82) is 0 Å². The summed E-state index contributed by atoms with van der Waals surface area (Å²) in [7, 11) is 1.69. The molecule has 0 aliphatic carbocycles. The van der Waals surface area contributed by atoms with Crippen LogP contribution in [0.25, 0.3) is 0 Å². The maximum atomic E-state index is 12.7. The molecule has 2 rings (SSSR count). The highest BCUT2D eigenvalue weighted by Crippen LogP contribution is 2.33. The molecule has 2 atom stereocenters. The van der Waals surface area contributed by atoms with E-state index in [1.807, 2.05) is 58.9 Å². The van der Waals surface area contributed by atoms with E-state index in [0.717, 1.165) is 18.4 Å². The summed E-state index contributed by atoms with van der Waals surface area (Å²) in [6, 6.07) is 7.61. The number of carbonyl (C=O) groups is 1. The standard InChI is InChI=1S/C20H30ClNO4/c1-19(2,3)26-18(23)22-16(13-25-20(22,4)5)11-12-17(24-6)14-7-9-15(21)10-8-14/h7-10,16-17H,11-13H2,1-6H3/t16-,17?/m0/s1. The molecule has 0 aromatic heterocycles. The summed E-state index contributed by atoms with van der Waals surface area (Å²) in [5, 5.41) is 0.700. The van der Waals surface area contributed by atoms with E-state index in [1.54, 1.807) is 12.0 Å². The maximum Gasteiger partial charge on any atom is 0.412 e. The molecule has 0 saturated carbocycles. The van der Waals surface area contributed by atoms with Gasteiger partial charge in [-0.15, -0.1) is 0 Å². The molecule has 1 aromatic rings. The summed E-state index contributed by atoms with van der Waals surface area (Å²) >= 11 is 5.96. The molecule has 0 N–H and O–H groups in total. The third-order valence-corrected chi connectivity index (χ3v) is 4.70. The van der Waals surface area contributed by atoms with Crippen LogP contribution in [0.15, 0.2) is 24.3 Å². The number of hydrogen-bond acceptors (Lipinski definition) is 4. The predicted molar refractivity (Wildman–Crippen MR) is 102 cm³/mol. The maximum absolute atomic E-state index is 12.7. The van der Waals surface area contributed by atoms with Crippen LogP contribution >= 0.6 is 11.6 Å². The Kier molecular flexibility index (Phi) is 6.59. The first-order valence-corrected chi connectivity index (χ1v) is 9.36. The van der Waals surface area contributed by atoms with Gasteiger partial charge in [-0.25, -0.2) is 4.79 Å². The number of ether oxygens (including phenoxy) is 3. The first-order valence-electron chi connectivity index (χ1n) is 8.98. The third kappa shape index (κ3) is 5.35. The highest BCUT2D eigenvalue weighted by Gasteiger charge is 2.45. The largest absolute Gasteiger partial charge is 0.444 e. The predicted octanol–water partition coefficient (Wildman–Crippen LogP) is 5.18. The van der Waals surface area contributed by atoms with E-state index in [4.69, 9.17) is 25.8 Å². The van der Waals surface area contributed by atoms with Gasteiger partial charge in [0.15, 0.2) is 0 Å². The van der Waals surface area contributed by atoms with Crippen molar-refractivity contribution in [2.45, 2.75) is 70.9 Å². The molecule has 1 fully saturated rings. The van der Waals surface area contributed by atoms with Crippen LogP contribution < -0.4 is 0 Å². The second-order valence-electron chi connectivity index (χ2n) is 8.12. The zero-order valence-electron chi connectivity index (χ0n) is 16.5. The number of halogens is 1. The summed E-state index contributed by atoms with van der Waals surface area (Å²) in [5.74, 6) is 0. The Hall–Kier alpha value is -1.30. The number of rotatable bonds is 5. The Morgan fingerprint density at radius 1 is 1.35 bits per heavy atom. The van der Waals surface area contributed by atoms with Crippen molar-refractivity contribution >= 4 is 17.7 Å². The van der Waals surface area contributed by atoms with Gasteiger partial charge in [0.05, 0.1) is 18.8 Å². The molecular formula is C20H30ClNO4. The van der Waals surface area contributed by atoms with Gasteiger partial charge in [0.1, 0.15) is 11.3 Å². The summed E-state index contributed by atoms with van der Waals surface area (Å²) in [6.45, 7) is 9.87. The van der Waals surface area contributed by atoms with Gasteiger partial charge in [-0.05, 0) is 65.2 Å². The van der Waals surface area contributed by atoms with E-state index in [-0.39, 0.29) is 18.2 Å². The molecular weight excluding hydrogens is 354 g/mol. The van der Waals surface area contributed by atoms with E-state index in [1.165, 1.54) is 0 Å². The lowest BCUT2D eigenvalue weighted by Crippen LogP contribution is -2.49. The monoisotopic (exact) mass is 383 g/mol. The number of benzene rings is 1.